The van der Waals surface area contributed by atoms with E-state index in [9.17, 15) is 0 Å². The molecule has 4 rings (SSSR count). The van der Waals surface area contributed by atoms with Gasteiger partial charge < -0.3 is 15.5 Å². The van der Waals surface area contributed by atoms with Crippen LogP contribution in [0.15, 0.2) is 6.33 Å². The highest BCUT2D eigenvalue weighted by Crippen LogP contribution is 2.35. The first-order chi connectivity index (χ1) is 9.36. The SMILES string of the molecule is c1nc2c(c(N3CCC4(CCCCN4)C3)n1)CCN2. The lowest BCUT2D eigenvalue weighted by Crippen LogP contribution is -2.50. The van der Waals surface area contributed by atoms with Crippen LogP contribution >= 0.6 is 0 Å². The number of anilines is 2. The van der Waals surface area contributed by atoms with Crippen molar-refractivity contribution >= 4 is 11.6 Å². The average Bonchev–Trinajstić information content (AvgIpc) is 3.06. The third-order valence-corrected chi connectivity index (χ3v) is 4.83. The molecule has 3 aliphatic rings. The summed E-state index contributed by atoms with van der Waals surface area (Å²) in [5.74, 6) is 2.21. The molecule has 1 spiro atoms. The van der Waals surface area contributed by atoms with E-state index in [1.54, 1.807) is 6.33 Å². The molecule has 1 atom stereocenters. The molecule has 0 aliphatic carbocycles. The number of piperidine rings is 1. The summed E-state index contributed by atoms with van der Waals surface area (Å²) in [5, 5.41) is 7.10. The Morgan fingerprint density at radius 2 is 2.16 bits per heavy atom. The van der Waals surface area contributed by atoms with Crippen molar-refractivity contribution in [3.63, 3.8) is 0 Å². The van der Waals surface area contributed by atoms with Gasteiger partial charge in [0.2, 0.25) is 0 Å². The van der Waals surface area contributed by atoms with Crippen LogP contribution in [0, 0.1) is 0 Å². The van der Waals surface area contributed by atoms with Crippen molar-refractivity contribution in [2.75, 3.05) is 36.4 Å². The summed E-state index contributed by atoms with van der Waals surface area (Å²) in [4.78, 5) is 11.4. The second kappa shape index (κ2) is 4.34. The van der Waals surface area contributed by atoms with E-state index in [1.807, 2.05) is 0 Å². The maximum atomic E-state index is 4.56. The van der Waals surface area contributed by atoms with Gasteiger partial charge in [-0.1, -0.05) is 6.42 Å². The van der Waals surface area contributed by atoms with Crippen LogP contribution in [0.25, 0.3) is 0 Å². The lowest BCUT2D eigenvalue weighted by atomic mass is 9.88. The van der Waals surface area contributed by atoms with Crippen molar-refractivity contribution in [1.29, 1.82) is 0 Å². The van der Waals surface area contributed by atoms with Crippen LogP contribution in [0.5, 0.6) is 0 Å². The zero-order chi connectivity index (χ0) is 12.7. The van der Waals surface area contributed by atoms with Gasteiger partial charge in [-0.3, -0.25) is 0 Å². The van der Waals surface area contributed by atoms with E-state index >= 15 is 0 Å². The number of rotatable bonds is 1. The summed E-state index contributed by atoms with van der Waals surface area (Å²) in [5.41, 5.74) is 1.66. The van der Waals surface area contributed by atoms with Gasteiger partial charge in [-0.05, 0) is 32.2 Å². The molecule has 1 aromatic rings. The van der Waals surface area contributed by atoms with E-state index in [-0.39, 0.29) is 0 Å². The molecule has 0 bridgehead atoms. The number of aromatic nitrogens is 2. The molecular weight excluding hydrogens is 238 g/mol. The molecule has 1 aromatic heterocycles. The molecule has 0 aromatic carbocycles. The van der Waals surface area contributed by atoms with Crippen LogP contribution < -0.4 is 15.5 Å². The van der Waals surface area contributed by atoms with Crippen molar-refractivity contribution in [2.45, 2.75) is 37.6 Å². The highest BCUT2D eigenvalue weighted by Gasteiger charge is 2.40. The van der Waals surface area contributed by atoms with Crippen LogP contribution in [0.3, 0.4) is 0 Å². The Bertz CT molecular complexity index is 481. The molecule has 2 saturated heterocycles. The topological polar surface area (TPSA) is 53.1 Å². The summed E-state index contributed by atoms with van der Waals surface area (Å²) in [6.07, 6.45) is 8.02. The molecule has 19 heavy (non-hydrogen) atoms. The van der Waals surface area contributed by atoms with Gasteiger partial charge in [0.1, 0.15) is 18.0 Å². The molecule has 0 radical (unpaired) electrons. The second-order valence-corrected chi connectivity index (χ2v) is 6.04. The molecular formula is C14H21N5. The maximum absolute atomic E-state index is 4.56. The van der Waals surface area contributed by atoms with E-state index in [2.05, 4.69) is 25.5 Å². The van der Waals surface area contributed by atoms with Crippen LogP contribution in [0.1, 0.15) is 31.2 Å². The number of nitrogens with one attached hydrogen (secondary N) is 2. The number of hydrogen-bond donors (Lipinski definition) is 2. The molecule has 5 heteroatoms. The molecule has 1 unspecified atom stereocenters. The van der Waals surface area contributed by atoms with E-state index in [0.717, 1.165) is 31.9 Å². The van der Waals surface area contributed by atoms with Gasteiger partial charge in [-0.25, -0.2) is 9.97 Å². The Morgan fingerprint density at radius 1 is 1.16 bits per heavy atom. The van der Waals surface area contributed by atoms with Crippen molar-refractivity contribution in [1.82, 2.24) is 15.3 Å². The minimum absolute atomic E-state index is 0.349. The third kappa shape index (κ3) is 1.87. The first kappa shape index (κ1) is 11.5. The molecule has 0 amide bonds. The van der Waals surface area contributed by atoms with Crippen LogP contribution in [-0.2, 0) is 6.42 Å². The Kier molecular flexibility index (Phi) is 2.62. The molecule has 3 aliphatic heterocycles. The summed E-state index contributed by atoms with van der Waals surface area (Å²) in [7, 11) is 0. The quantitative estimate of drug-likeness (QED) is 0.793. The summed E-state index contributed by atoms with van der Waals surface area (Å²) < 4.78 is 0. The minimum atomic E-state index is 0.349. The average molecular weight is 259 g/mol. The summed E-state index contributed by atoms with van der Waals surface area (Å²) in [6.45, 7) is 4.41. The second-order valence-electron chi connectivity index (χ2n) is 6.04. The molecule has 2 N–H and O–H groups in total. The van der Waals surface area contributed by atoms with Gasteiger partial charge in [0.15, 0.2) is 0 Å². The first-order valence-corrected chi connectivity index (χ1v) is 7.44. The number of fused-ring (bicyclic) bond motifs is 1. The lowest BCUT2D eigenvalue weighted by molar-refractivity contribution is 0.280. The smallest absolute Gasteiger partial charge is 0.137 e. The van der Waals surface area contributed by atoms with Gasteiger partial charge in [0, 0.05) is 30.7 Å². The summed E-state index contributed by atoms with van der Waals surface area (Å²) >= 11 is 0. The molecule has 4 heterocycles. The highest BCUT2D eigenvalue weighted by atomic mass is 15.3. The predicted octanol–water partition coefficient (Wildman–Crippen LogP) is 1.17. The summed E-state index contributed by atoms with van der Waals surface area (Å²) in [6, 6.07) is 0. The third-order valence-electron chi connectivity index (χ3n) is 4.83. The van der Waals surface area contributed by atoms with Crippen molar-refractivity contribution in [3.8, 4) is 0 Å². The van der Waals surface area contributed by atoms with Crippen molar-refractivity contribution < 1.29 is 0 Å². The van der Waals surface area contributed by atoms with Gasteiger partial charge >= 0.3 is 0 Å². The highest BCUT2D eigenvalue weighted by molar-refractivity contribution is 5.62. The molecule has 2 fully saturated rings. The van der Waals surface area contributed by atoms with E-state index in [4.69, 9.17) is 0 Å². The van der Waals surface area contributed by atoms with Crippen molar-refractivity contribution in [2.24, 2.45) is 0 Å². The van der Waals surface area contributed by atoms with Gasteiger partial charge in [0.05, 0.1) is 0 Å². The normalized spacial score (nSPS) is 29.6. The zero-order valence-corrected chi connectivity index (χ0v) is 11.3. The Morgan fingerprint density at radius 3 is 3.05 bits per heavy atom. The predicted molar refractivity (Wildman–Crippen MR) is 75.6 cm³/mol. The zero-order valence-electron chi connectivity index (χ0n) is 11.3. The van der Waals surface area contributed by atoms with Gasteiger partial charge in [-0.15, -0.1) is 0 Å². The Balaban J connectivity index is 1.59. The fourth-order valence-electron chi connectivity index (χ4n) is 3.80. The fraction of sp³-hybridized carbons (Fsp3) is 0.714. The minimum Gasteiger partial charge on any atom is -0.369 e. The first-order valence-electron chi connectivity index (χ1n) is 7.44. The van der Waals surface area contributed by atoms with Gasteiger partial charge in [-0.2, -0.15) is 0 Å². The Labute approximate surface area is 113 Å². The number of nitrogens with zero attached hydrogens (tertiary/aromatic N) is 3. The van der Waals surface area contributed by atoms with E-state index in [1.165, 1.54) is 43.6 Å². The molecule has 0 saturated carbocycles. The fourth-order valence-corrected chi connectivity index (χ4v) is 3.80. The van der Waals surface area contributed by atoms with Crippen LogP contribution in [0.4, 0.5) is 11.6 Å². The van der Waals surface area contributed by atoms with Crippen LogP contribution in [0.2, 0.25) is 0 Å². The van der Waals surface area contributed by atoms with E-state index in [0.29, 0.717) is 5.54 Å². The number of hydrogen-bond acceptors (Lipinski definition) is 5. The molecule has 5 nitrogen and oxygen atoms in total. The largest absolute Gasteiger partial charge is 0.369 e. The monoisotopic (exact) mass is 259 g/mol. The van der Waals surface area contributed by atoms with Crippen LogP contribution in [-0.4, -0.2) is 41.7 Å². The van der Waals surface area contributed by atoms with E-state index < -0.39 is 0 Å². The Hall–Kier alpha value is -1.36. The molecule has 102 valence electrons. The lowest BCUT2D eigenvalue weighted by Gasteiger charge is -2.35. The standard InChI is InChI=1S/C14H21N5/c1-2-6-18-14(4-1)5-8-19(9-14)13-11-3-7-15-12(11)16-10-17-13/h10,18H,1-9H2,(H,15,16,17). The van der Waals surface area contributed by atoms with Crippen molar-refractivity contribution in [3.05, 3.63) is 11.9 Å². The maximum Gasteiger partial charge on any atom is 0.137 e. The van der Waals surface area contributed by atoms with Gasteiger partial charge in [0.25, 0.3) is 0 Å².